The number of anilines is 2. The van der Waals surface area contributed by atoms with Gasteiger partial charge in [-0.25, -0.2) is 19.9 Å². The number of nitrogens with two attached hydrogens (primary N) is 1. The highest BCUT2D eigenvalue weighted by atomic mass is 32.2. The fraction of sp³-hybridized carbons (Fsp3) is 0.158. The maximum absolute atomic E-state index is 10.7. The third-order valence-electron chi connectivity index (χ3n) is 3.47. The summed E-state index contributed by atoms with van der Waals surface area (Å²) in [6.45, 7) is 3.28. The van der Waals surface area contributed by atoms with E-state index in [9.17, 15) is 9.59 Å². The molecule has 0 spiro atoms. The van der Waals surface area contributed by atoms with E-state index in [1.165, 1.54) is 25.1 Å². The largest absolute Gasteiger partial charge is 0.388 e. The van der Waals surface area contributed by atoms with Crippen LogP contribution in [-0.4, -0.2) is 39.2 Å². The number of benzene rings is 1. The first-order valence-electron chi connectivity index (χ1n) is 8.51. The van der Waals surface area contributed by atoms with Gasteiger partial charge in [-0.15, -0.1) is 0 Å². The molecule has 0 bridgehead atoms. The molecule has 2 aromatic heterocycles. The second-order valence-electron chi connectivity index (χ2n) is 5.70. The molecule has 3 rings (SSSR count). The monoisotopic (exact) mass is 411 g/mol. The summed E-state index contributed by atoms with van der Waals surface area (Å²) < 4.78 is 2.66. The number of carbonyl (C=O) groups is 2. The van der Waals surface area contributed by atoms with Crippen LogP contribution >= 0.6 is 11.9 Å². The number of carbonyl (C=O) groups excluding carboxylic acids is 2. The minimum absolute atomic E-state index is 0.0392. The van der Waals surface area contributed by atoms with Crippen LogP contribution in [0.15, 0.2) is 47.8 Å². The molecule has 10 heteroatoms. The Morgan fingerprint density at radius 2 is 1.76 bits per heavy atom. The van der Waals surface area contributed by atoms with Crippen molar-refractivity contribution in [2.75, 3.05) is 18.1 Å². The molecule has 1 amide bonds. The maximum Gasteiger partial charge on any atom is 0.226 e. The Morgan fingerprint density at radius 3 is 2.31 bits per heavy atom. The summed E-state index contributed by atoms with van der Waals surface area (Å²) in [5, 5.41) is 3.02. The van der Waals surface area contributed by atoms with E-state index in [4.69, 9.17) is 5.73 Å². The third kappa shape index (κ3) is 6.85. The number of nitrogens with zero attached hydrogens (tertiary/aromatic N) is 4. The molecule has 9 nitrogen and oxygen atoms in total. The summed E-state index contributed by atoms with van der Waals surface area (Å²) >= 11 is 1.32. The molecule has 0 unspecified atom stereocenters. The first kappa shape index (κ1) is 21.8. The number of nitrogen functional groups attached to an aromatic ring is 1. The van der Waals surface area contributed by atoms with Crippen LogP contribution < -0.4 is 15.8 Å². The van der Waals surface area contributed by atoms with Crippen LogP contribution in [0, 0.1) is 6.92 Å². The van der Waals surface area contributed by atoms with Crippen molar-refractivity contribution >= 4 is 35.6 Å². The minimum Gasteiger partial charge on any atom is -0.388 e. The summed E-state index contributed by atoms with van der Waals surface area (Å²) in [5.41, 5.74) is 7.87. The number of hydrogen-bond donors (Lipinski definition) is 3. The van der Waals surface area contributed by atoms with E-state index in [0.29, 0.717) is 23.4 Å². The number of hydrogen-bond acceptors (Lipinski definition) is 9. The number of aldehydes is 1. The van der Waals surface area contributed by atoms with Crippen LogP contribution in [0.5, 0.6) is 0 Å². The molecular weight excluding hydrogens is 390 g/mol. The molecule has 0 atom stereocenters. The van der Waals surface area contributed by atoms with E-state index in [0.717, 1.165) is 10.6 Å². The number of nitrogens with one attached hydrogen (secondary N) is 2. The summed E-state index contributed by atoms with van der Waals surface area (Å²) in [6.07, 6.45) is 5.30. The second-order valence-corrected chi connectivity index (χ2v) is 6.58. The molecular formula is C19H21N7O2S. The highest BCUT2D eigenvalue weighted by Gasteiger charge is 2.06. The van der Waals surface area contributed by atoms with Gasteiger partial charge < -0.3 is 11.1 Å². The Hall–Kier alpha value is -3.53. The van der Waals surface area contributed by atoms with E-state index >= 15 is 0 Å². The van der Waals surface area contributed by atoms with Crippen LogP contribution in [0.25, 0.3) is 11.3 Å². The van der Waals surface area contributed by atoms with Crippen molar-refractivity contribution in [3.63, 3.8) is 0 Å². The number of aryl methyl sites for hydroxylation is 1. The molecule has 0 aliphatic rings. The van der Waals surface area contributed by atoms with Gasteiger partial charge in [0, 0.05) is 42.5 Å². The fourth-order valence-corrected chi connectivity index (χ4v) is 2.52. The molecule has 0 radical (unpaired) electrons. The molecule has 0 fully saturated rings. The highest BCUT2D eigenvalue weighted by Crippen LogP contribution is 2.17. The molecule has 0 aliphatic carbocycles. The van der Waals surface area contributed by atoms with Gasteiger partial charge in [0.1, 0.15) is 11.5 Å². The van der Waals surface area contributed by atoms with E-state index in [2.05, 4.69) is 30.0 Å². The number of rotatable bonds is 5. The standard InChI is InChI=1S/C10H9N5O.C9H12N2OS/c1-6-12-2-7(3-13-6)8-4-14-10(11)9(5-16)15-8;1-7(12)11-13-9-5-3-8(10-2)4-6-9/h2-5H,1H3,(H2,11,14);3-6,10H,1-2H3,(H,11,12). The predicted molar refractivity (Wildman–Crippen MR) is 113 cm³/mol. The zero-order valence-electron chi connectivity index (χ0n) is 16.2. The molecule has 0 aliphatic heterocycles. The second kappa shape index (κ2) is 10.7. The lowest BCUT2D eigenvalue weighted by Crippen LogP contribution is -2.09. The first-order chi connectivity index (χ1) is 13.9. The highest BCUT2D eigenvalue weighted by molar-refractivity contribution is 7.98. The van der Waals surface area contributed by atoms with Crippen molar-refractivity contribution in [1.29, 1.82) is 0 Å². The SMILES string of the molecule is CNc1ccc(SNC(C)=O)cc1.Cc1ncc(-c2cnc(N)c(C=O)n2)cn1. The molecule has 150 valence electrons. The van der Waals surface area contributed by atoms with Crippen LogP contribution in [0.3, 0.4) is 0 Å². The minimum atomic E-state index is -0.0392. The van der Waals surface area contributed by atoms with Crippen molar-refractivity contribution in [3.05, 3.63) is 54.4 Å². The summed E-state index contributed by atoms with van der Waals surface area (Å²) in [6, 6.07) is 7.83. The van der Waals surface area contributed by atoms with Gasteiger partial charge in [-0.05, 0) is 43.1 Å². The topological polar surface area (TPSA) is 136 Å². The lowest BCUT2D eigenvalue weighted by atomic mass is 10.2. The maximum atomic E-state index is 10.7. The van der Waals surface area contributed by atoms with Crippen LogP contribution in [-0.2, 0) is 4.79 Å². The first-order valence-corrected chi connectivity index (χ1v) is 9.32. The van der Waals surface area contributed by atoms with Gasteiger partial charge in [0.2, 0.25) is 5.91 Å². The quantitative estimate of drug-likeness (QED) is 0.427. The Balaban J connectivity index is 0.000000212. The molecule has 0 saturated carbocycles. The zero-order valence-corrected chi connectivity index (χ0v) is 17.0. The van der Waals surface area contributed by atoms with Gasteiger partial charge in [-0.3, -0.25) is 14.3 Å². The van der Waals surface area contributed by atoms with E-state index in [1.54, 1.807) is 19.3 Å². The van der Waals surface area contributed by atoms with Crippen LogP contribution in [0.4, 0.5) is 11.5 Å². The third-order valence-corrected chi connectivity index (χ3v) is 4.37. The Morgan fingerprint density at radius 1 is 1.10 bits per heavy atom. The normalized spacial score (nSPS) is 9.76. The van der Waals surface area contributed by atoms with Crippen LogP contribution in [0.1, 0.15) is 23.2 Å². The van der Waals surface area contributed by atoms with Gasteiger partial charge in [-0.2, -0.15) is 0 Å². The molecule has 29 heavy (non-hydrogen) atoms. The number of amides is 1. The molecule has 1 aromatic carbocycles. The zero-order chi connectivity index (χ0) is 21.2. The summed E-state index contributed by atoms with van der Waals surface area (Å²) in [7, 11) is 1.87. The lowest BCUT2D eigenvalue weighted by molar-refractivity contribution is -0.117. The average Bonchev–Trinajstić information content (AvgIpc) is 2.74. The van der Waals surface area contributed by atoms with Crippen molar-refractivity contribution in [2.24, 2.45) is 0 Å². The lowest BCUT2D eigenvalue weighted by Gasteiger charge is -2.02. The van der Waals surface area contributed by atoms with E-state index in [1.807, 2.05) is 31.3 Å². The Bertz CT molecular complexity index is 963. The molecule has 2 heterocycles. The molecule has 4 N–H and O–H groups in total. The van der Waals surface area contributed by atoms with Crippen LogP contribution in [0.2, 0.25) is 0 Å². The van der Waals surface area contributed by atoms with Gasteiger partial charge in [0.15, 0.2) is 12.1 Å². The molecule has 0 saturated heterocycles. The average molecular weight is 411 g/mol. The summed E-state index contributed by atoms with van der Waals surface area (Å²) in [5.74, 6) is 0.747. The molecule has 3 aromatic rings. The van der Waals surface area contributed by atoms with Gasteiger partial charge >= 0.3 is 0 Å². The van der Waals surface area contributed by atoms with Gasteiger partial charge in [0.25, 0.3) is 0 Å². The van der Waals surface area contributed by atoms with Crippen molar-refractivity contribution in [3.8, 4) is 11.3 Å². The summed E-state index contributed by atoms with van der Waals surface area (Å²) in [4.78, 5) is 38.3. The Kier molecular flexibility index (Phi) is 8.04. The fourth-order valence-electron chi connectivity index (χ4n) is 1.98. The van der Waals surface area contributed by atoms with Gasteiger partial charge in [-0.1, -0.05) is 0 Å². The number of aromatic nitrogens is 4. The van der Waals surface area contributed by atoms with Crippen molar-refractivity contribution in [1.82, 2.24) is 24.7 Å². The smallest absolute Gasteiger partial charge is 0.226 e. The van der Waals surface area contributed by atoms with E-state index < -0.39 is 0 Å². The van der Waals surface area contributed by atoms with Crippen molar-refractivity contribution in [2.45, 2.75) is 18.7 Å². The predicted octanol–water partition coefficient (Wildman–Crippen LogP) is 2.51. The van der Waals surface area contributed by atoms with Crippen molar-refractivity contribution < 1.29 is 9.59 Å². The van der Waals surface area contributed by atoms with Gasteiger partial charge in [0.05, 0.1) is 11.9 Å². The Labute approximate surface area is 172 Å². The van der Waals surface area contributed by atoms with E-state index in [-0.39, 0.29) is 17.4 Å².